The highest BCUT2D eigenvalue weighted by atomic mass is 32.2. The Morgan fingerprint density at radius 3 is 1.89 bits per heavy atom. The smallest absolute Gasteiger partial charge is 0.243 e. The SMILES string of the molecule is O=C(N1CCN(S(=O)(=O)c2ccccc2)CC1)C1(c2ccccc2)CCC1. The van der Waals surface area contributed by atoms with Gasteiger partial charge in [0.05, 0.1) is 10.3 Å². The number of piperazine rings is 1. The summed E-state index contributed by atoms with van der Waals surface area (Å²) in [6.07, 6.45) is 2.81. The maximum absolute atomic E-state index is 13.3. The number of sulfonamides is 1. The van der Waals surface area contributed by atoms with Crippen molar-refractivity contribution in [3.8, 4) is 0 Å². The highest BCUT2D eigenvalue weighted by Crippen LogP contribution is 2.45. The zero-order valence-corrected chi connectivity index (χ0v) is 16.1. The van der Waals surface area contributed by atoms with Crippen molar-refractivity contribution in [1.82, 2.24) is 9.21 Å². The molecule has 5 nitrogen and oxygen atoms in total. The van der Waals surface area contributed by atoms with E-state index in [0.717, 1.165) is 24.8 Å². The number of amides is 1. The minimum Gasteiger partial charge on any atom is -0.339 e. The maximum Gasteiger partial charge on any atom is 0.243 e. The average molecular weight is 385 g/mol. The second-order valence-electron chi connectivity index (χ2n) is 7.31. The van der Waals surface area contributed by atoms with Gasteiger partial charge in [-0.3, -0.25) is 4.79 Å². The lowest BCUT2D eigenvalue weighted by molar-refractivity contribution is -0.142. The van der Waals surface area contributed by atoms with Crippen molar-refractivity contribution < 1.29 is 13.2 Å². The van der Waals surface area contributed by atoms with Gasteiger partial charge in [0.1, 0.15) is 0 Å². The summed E-state index contributed by atoms with van der Waals surface area (Å²) in [5, 5.41) is 0. The first-order chi connectivity index (χ1) is 13.0. The summed E-state index contributed by atoms with van der Waals surface area (Å²) in [5.41, 5.74) is 0.669. The van der Waals surface area contributed by atoms with Crippen LogP contribution >= 0.6 is 0 Å². The van der Waals surface area contributed by atoms with Gasteiger partial charge in [0.25, 0.3) is 0 Å². The Bertz CT molecular complexity index is 901. The highest BCUT2D eigenvalue weighted by Gasteiger charge is 2.48. The number of nitrogens with zero attached hydrogens (tertiary/aromatic N) is 2. The van der Waals surface area contributed by atoms with Crippen LogP contribution in [0, 0.1) is 0 Å². The molecule has 1 aliphatic heterocycles. The van der Waals surface area contributed by atoms with Crippen molar-refractivity contribution in [1.29, 1.82) is 0 Å². The Kier molecular flexibility index (Phi) is 4.78. The number of carbonyl (C=O) groups excluding carboxylic acids is 1. The van der Waals surface area contributed by atoms with Gasteiger partial charge < -0.3 is 4.90 Å². The molecule has 1 saturated carbocycles. The third kappa shape index (κ3) is 3.17. The van der Waals surface area contributed by atoms with Crippen LogP contribution in [0.2, 0.25) is 0 Å². The topological polar surface area (TPSA) is 57.7 Å². The van der Waals surface area contributed by atoms with Gasteiger partial charge >= 0.3 is 0 Å². The van der Waals surface area contributed by atoms with Crippen LogP contribution in [0.25, 0.3) is 0 Å². The van der Waals surface area contributed by atoms with Crippen molar-refractivity contribution in [2.45, 2.75) is 29.6 Å². The van der Waals surface area contributed by atoms with E-state index in [-0.39, 0.29) is 5.91 Å². The van der Waals surface area contributed by atoms with E-state index >= 15 is 0 Å². The van der Waals surface area contributed by atoms with Crippen LogP contribution in [-0.4, -0.2) is 49.7 Å². The van der Waals surface area contributed by atoms with Gasteiger partial charge in [-0.1, -0.05) is 55.0 Å². The molecule has 2 aromatic rings. The Hall–Kier alpha value is -2.18. The normalized spacial score (nSPS) is 20.1. The van der Waals surface area contributed by atoms with Crippen molar-refractivity contribution in [3.05, 3.63) is 66.2 Å². The average Bonchev–Trinajstić information content (AvgIpc) is 2.69. The molecular weight excluding hydrogens is 360 g/mol. The quantitative estimate of drug-likeness (QED) is 0.814. The Balaban J connectivity index is 1.47. The molecule has 0 aromatic heterocycles. The first kappa shape index (κ1) is 18.2. The molecule has 1 heterocycles. The summed E-state index contributed by atoms with van der Waals surface area (Å²) in [6, 6.07) is 18.5. The van der Waals surface area contributed by atoms with Crippen LogP contribution in [0.15, 0.2) is 65.6 Å². The molecule has 1 saturated heterocycles. The van der Waals surface area contributed by atoms with Gasteiger partial charge in [-0.25, -0.2) is 8.42 Å². The molecule has 1 amide bonds. The zero-order chi connectivity index (χ0) is 18.9. The van der Waals surface area contributed by atoms with E-state index in [1.807, 2.05) is 35.2 Å². The maximum atomic E-state index is 13.3. The predicted octanol–water partition coefficient (Wildman–Crippen LogP) is 2.64. The Labute approximate surface area is 160 Å². The lowest BCUT2D eigenvalue weighted by Crippen LogP contribution is -2.57. The Morgan fingerprint density at radius 2 is 1.37 bits per heavy atom. The van der Waals surface area contributed by atoms with E-state index < -0.39 is 15.4 Å². The fourth-order valence-electron chi connectivity index (χ4n) is 4.09. The second-order valence-corrected chi connectivity index (χ2v) is 9.25. The summed E-state index contributed by atoms with van der Waals surface area (Å²) >= 11 is 0. The fourth-order valence-corrected chi connectivity index (χ4v) is 5.53. The highest BCUT2D eigenvalue weighted by molar-refractivity contribution is 7.89. The zero-order valence-electron chi connectivity index (χ0n) is 15.3. The summed E-state index contributed by atoms with van der Waals surface area (Å²) in [5.74, 6) is 0.150. The molecular formula is C21H24N2O3S. The molecule has 0 N–H and O–H groups in total. The van der Waals surface area contributed by atoms with Gasteiger partial charge in [-0.15, -0.1) is 0 Å². The molecule has 6 heteroatoms. The van der Waals surface area contributed by atoms with E-state index in [1.165, 1.54) is 4.31 Å². The molecule has 142 valence electrons. The molecule has 0 bridgehead atoms. The lowest BCUT2D eigenvalue weighted by Gasteiger charge is -2.45. The number of rotatable bonds is 4. The number of benzene rings is 2. The van der Waals surface area contributed by atoms with Crippen molar-refractivity contribution in [2.24, 2.45) is 0 Å². The Morgan fingerprint density at radius 1 is 0.815 bits per heavy atom. The second kappa shape index (κ2) is 7.09. The van der Waals surface area contributed by atoms with Crippen molar-refractivity contribution >= 4 is 15.9 Å². The van der Waals surface area contributed by atoms with Gasteiger partial charge in [-0.05, 0) is 30.5 Å². The van der Waals surface area contributed by atoms with E-state index in [0.29, 0.717) is 31.1 Å². The van der Waals surface area contributed by atoms with E-state index in [1.54, 1.807) is 30.3 Å². The third-order valence-corrected chi connectivity index (χ3v) is 7.76. The van der Waals surface area contributed by atoms with E-state index in [9.17, 15) is 13.2 Å². The monoisotopic (exact) mass is 384 g/mol. The molecule has 1 aliphatic carbocycles. The van der Waals surface area contributed by atoms with Crippen molar-refractivity contribution in [2.75, 3.05) is 26.2 Å². The molecule has 0 atom stereocenters. The predicted molar refractivity (Wildman–Crippen MR) is 104 cm³/mol. The minimum absolute atomic E-state index is 0.150. The summed E-state index contributed by atoms with van der Waals surface area (Å²) in [4.78, 5) is 15.4. The molecule has 0 spiro atoms. The first-order valence-electron chi connectivity index (χ1n) is 9.44. The van der Waals surface area contributed by atoms with E-state index in [2.05, 4.69) is 0 Å². The van der Waals surface area contributed by atoms with Gasteiger partial charge in [0.15, 0.2) is 0 Å². The molecule has 27 heavy (non-hydrogen) atoms. The van der Waals surface area contributed by atoms with Crippen LogP contribution < -0.4 is 0 Å². The van der Waals surface area contributed by atoms with Crippen LogP contribution in [0.3, 0.4) is 0 Å². The molecule has 0 unspecified atom stereocenters. The number of carbonyl (C=O) groups is 1. The molecule has 0 radical (unpaired) electrons. The molecule has 2 fully saturated rings. The molecule has 4 rings (SSSR count). The minimum atomic E-state index is -3.50. The number of hydrogen-bond acceptors (Lipinski definition) is 3. The number of hydrogen-bond donors (Lipinski definition) is 0. The first-order valence-corrected chi connectivity index (χ1v) is 10.9. The standard InChI is InChI=1S/C21H24N2O3S/c24-20(21(12-7-13-21)18-8-3-1-4-9-18)22-14-16-23(17-15-22)27(25,26)19-10-5-2-6-11-19/h1-6,8-11H,7,12-17H2. The lowest BCUT2D eigenvalue weighted by atomic mass is 9.63. The van der Waals surface area contributed by atoms with E-state index in [4.69, 9.17) is 0 Å². The fraction of sp³-hybridized carbons (Fsp3) is 0.381. The van der Waals surface area contributed by atoms with Crippen molar-refractivity contribution in [3.63, 3.8) is 0 Å². The summed E-state index contributed by atoms with van der Waals surface area (Å²) < 4.78 is 27.0. The molecule has 2 aromatic carbocycles. The largest absolute Gasteiger partial charge is 0.339 e. The summed E-state index contributed by atoms with van der Waals surface area (Å²) in [6.45, 7) is 1.57. The van der Waals surface area contributed by atoms with Gasteiger partial charge in [-0.2, -0.15) is 4.31 Å². The summed E-state index contributed by atoms with van der Waals surface area (Å²) in [7, 11) is -3.50. The van der Waals surface area contributed by atoms with Crippen LogP contribution in [-0.2, 0) is 20.2 Å². The van der Waals surface area contributed by atoms with Crippen LogP contribution in [0.5, 0.6) is 0 Å². The third-order valence-electron chi connectivity index (χ3n) is 5.85. The van der Waals surface area contributed by atoms with Gasteiger partial charge in [0, 0.05) is 26.2 Å². The van der Waals surface area contributed by atoms with Crippen LogP contribution in [0.4, 0.5) is 0 Å². The van der Waals surface area contributed by atoms with Gasteiger partial charge in [0.2, 0.25) is 15.9 Å². The van der Waals surface area contributed by atoms with Crippen LogP contribution in [0.1, 0.15) is 24.8 Å². The molecule has 2 aliphatic rings.